The number of carbonyl (C=O) groups is 1. The maximum absolute atomic E-state index is 13.3. The van der Waals surface area contributed by atoms with Crippen LogP contribution in [0.4, 0.5) is 0 Å². The lowest BCUT2D eigenvalue weighted by atomic mass is 10.00. The van der Waals surface area contributed by atoms with E-state index >= 15 is 0 Å². The fourth-order valence-electron chi connectivity index (χ4n) is 4.04. The van der Waals surface area contributed by atoms with Crippen LogP contribution in [-0.4, -0.2) is 50.5 Å². The van der Waals surface area contributed by atoms with Crippen molar-refractivity contribution in [3.63, 3.8) is 0 Å². The molecule has 4 rings (SSSR count). The van der Waals surface area contributed by atoms with Gasteiger partial charge in [0.1, 0.15) is 10.6 Å². The maximum Gasteiger partial charge on any atom is 0.251 e. The monoisotopic (exact) mass is 464 g/mol. The first-order valence-electron chi connectivity index (χ1n) is 10.2. The summed E-state index contributed by atoms with van der Waals surface area (Å²) in [7, 11) is -3.87. The Balaban J connectivity index is 1.59. The summed E-state index contributed by atoms with van der Waals surface area (Å²) in [5.41, 5.74) is 1.14. The maximum atomic E-state index is 13.3. The van der Waals surface area contributed by atoms with E-state index in [4.69, 9.17) is 21.1 Å². The Labute approximate surface area is 187 Å². The molecule has 0 bridgehead atoms. The van der Waals surface area contributed by atoms with E-state index < -0.39 is 10.0 Å². The van der Waals surface area contributed by atoms with Gasteiger partial charge in [0, 0.05) is 30.6 Å². The van der Waals surface area contributed by atoms with Gasteiger partial charge in [-0.3, -0.25) is 4.79 Å². The first-order valence-corrected chi connectivity index (χ1v) is 12.1. The molecule has 0 aromatic heterocycles. The highest BCUT2D eigenvalue weighted by atomic mass is 35.5. The molecular weight excluding hydrogens is 440 g/mol. The van der Waals surface area contributed by atoms with E-state index in [9.17, 15) is 13.2 Å². The van der Waals surface area contributed by atoms with Crippen LogP contribution in [0.15, 0.2) is 47.4 Å². The number of halogens is 1. The van der Waals surface area contributed by atoms with Crippen molar-refractivity contribution < 1.29 is 22.7 Å². The van der Waals surface area contributed by atoms with Crippen molar-refractivity contribution >= 4 is 27.5 Å². The smallest absolute Gasteiger partial charge is 0.251 e. The van der Waals surface area contributed by atoms with E-state index in [1.165, 1.54) is 22.5 Å². The number of amides is 1. The molecule has 2 aromatic carbocycles. The van der Waals surface area contributed by atoms with Gasteiger partial charge < -0.3 is 14.8 Å². The number of sulfonamides is 1. The van der Waals surface area contributed by atoms with Crippen molar-refractivity contribution in [2.75, 3.05) is 19.7 Å². The summed E-state index contributed by atoms with van der Waals surface area (Å²) >= 11 is 6.25. The van der Waals surface area contributed by atoms with Crippen LogP contribution in [0, 0.1) is 0 Å². The molecule has 3 atom stereocenters. The molecule has 1 saturated heterocycles. The highest BCUT2D eigenvalue weighted by Crippen LogP contribution is 2.32. The number of fused-ring (bicyclic) bond motifs is 1. The number of hydrogen-bond donors (Lipinski definition) is 1. The molecule has 9 heteroatoms. The third-order valence-electron chi connectivity index (χ3n) is 5.46. The molecule has 31 heavy (non-hydrogen) atoms. The lowest BCUT2D eigenvalue weighted by Crippen LogP contribution is -2.48. The molecule has 3 unspecified atom stereocenters. The molecule has 0 aliphatic carbocycles. The number of nitrogens with zero attached hydrogens (tertiary/aromatic N) is 1. The Morgan fingerprint density at radius 2 is 1.84 bits per heavy atom. The Morgan fingerprint density at radius 3 is 2.58 bits per heavy atom. The summed E-state index contributed by atoms with van der Waals surface area (Å²) in [6.07, 6.45) is 0.181. The normalized spacial score (nSPS) is 24.2. The van der Waals surface area contributed by atoms with E-state index in [2.05, 4.69) is 5.32 Å². The highest BCUT2D eigenvalue weighted by Gasteiger charge is 2.34. The highest BCUT2D eigenvalue weighted by molar-refractivity contribution is 7.89. The second-order valence-corrected chi connectivity index (χ2v) is 10.2. The summed E-state index contributed by atoms with van der Waals surface area (Å²) < 4.78 is 39.2. The van der Waals surface area contributed by atoms with Crippen LogP contribution in [0.2, 0.25) is 5.02 Å². The number of hydrogen-bond acceptors (Lipinski definition) is 5. The molecule has 2 aliphatic heterocycles. The number of ether oxygens (including phenoxy) is 2. The Kier molecular flexibility index (Phi) is 6.25. The van der Waals surface area contributed by atoms with Crippen LogP contribution in [0.25, 0.3) is 0 Å². The van der Waals surface area contributed by atoms with Gasteiger partial charge in [0.25, 0.3) is 5.91 Å². The minimum absolute atomic E-state index is 0.0736. The van der Waals surface area contributed by atoms with E-state index in [1.807, 2.05) is 38.1 Å². The largest absolute Gasteiger partial charge is 0.493 e. The van der Waals surface area contributed by atoms with Crippen molar-refractivity contribution in [1.82, 2.24) is 9.62 Å². The van der Waals surface area contributed by atoms with Crippen LogP contribution < -0.4 is 10.1 Å². The summed E-state index contributed by atoms with van der Waals surface area (Å²) in [5, 5.41) is 3.08. The number of nitrogens with one attached hydrogen (secondary N) is 1. The predicted octanol–water partition coefficient (Wildman–Crippen LogP) is 3.39. The van der Waals surface area contributed by atoms with E-state index in [-0.39, 0.29) is 52.7 Å². The van der Waals surface area contributed by atoms with Gasteiger partial charge in [-0.25, -0.2) is 8.42 Å². The van der Waals surface area contributed by atoms with Crippen LogP contribution >= 0.6 is 11.6 Å². The van der Waals surface area contributed by atoms with E-state index in [0.29, 0.717) is 13.0 Å². The molecular formula is C22H25ClN2O5S. The molecule has 2 aliphatic rings. The molecule has 0 spiro atoms. The van der Waals surface area contributed by atoms with E-state index in [0.717, 1.165) is 11.3 Å². The molecule has 0 radical (unpaired) electrons. The zero-order valence-corrected chi connectivity index (χ0v) is 18.9. The Bertz CT molecular complexity index is 1080. The molecule has 1 fully saturated rings. The number of benzene rings is 2. The van der Waals surface area contributed by atoms with Crippen molar-refractivity contribution in [2.45, 2.75) is 43.4 Å². The first-order chi connectivity index (χ1) is 14.8. The number of morpholine rings is 1. The molecule has 1 amide bonds. The second kappa shape index (κ2) is 8.78. The lowest BCUT2D eigenvalue weighted by molar-refractivity contribution is -0.0440. The lowest BCUT2D eigenvalue weighted by Gasteiger charge is -2.34. The van der Waals surface area contributed by atoms with Gasteiger partial charge in [-0.2, -0.15) is 4.31 Å². The average Bonchev–Trinajstić information content (AvgIpc) is 2.73. The fourth-order valence-corrected chi connectivity index (χ4v) is 6.13. The quantitative estimate of drug-likeness (QED) is 0.749. The fraction of sp³-hybridized carbons (Fsp3) is 0.409. The minimum atomic E-state index is -3.87. The molecule has 2 heterocycles. The SMILES string of the molecule is CC1CN(S(=O)(=O)c2cc(C(=O)NC3CCOc4ccccc43)ccc2Cl)CC(C)O1. The van der Waals surface area contributed by atoms with Crippen LogP contribution in [0.3, 0.4) is 0 Å². The van der Waals surface area contributed by atoms with Crippen molar-refractivity contribution in [3.8, 4) is 5.75 Å². The van der Waals surface area contributed by atoms with E-state index in [1.54, 1.807) is 0 Å². The molecule has 2 aromatic rings. The van der Waals surface area contributed by atoms with Gasteiger partial charge in [0.05, 0.1) is 29.9 Å². The molecule has 1 N–H and O–H groups in total. The number of para-hydroxylation sites is 1. The van der Waals surface area contributed by atoms with Gasteiger partial charge in [-0.05, 0) is 38.1 Å². The van der Waals surface area contributed by atoms with Gasteiger partial charge in [0.15, 0.2) is 0 Å². The van der Waals surface area contributed by atoms with Crippen LogP contribution in [-0.2, 0) is 14.8 Å². The third kappa shape index (κ3) is 4.57. The summed E-state index contributed by atoms with van der Waals surface area (Å²) in [5.74, 6) is 0.382. The standard InChI is InChI=1S/C22H25ClN2O5S/c1-14-12-25(13-15(2)30-14)31(27,28)21-11-16(7-8-18(21)23)22(26)24-19-9-10-29-20-6-4-3-5-17(19)20/h3-8,11,14-15,19H,9-10,12-13H2,1-2H3,(H,24,26). The predicted molar refractivity (Wildman–Crippen MR) is 117 cm³/mol. The van der Waals surface area contributed by atoms with Crippen LogP contribution in [0.1, 0.15) is 42.2 Å². The van der Waals surface area contributed by atoms with Crippen molar-refractivity contribution in [2.24, 2.45) is 0 Å². The van der Waals surface area contributed by atoms with Crippen LogP contribution in [0.5, 0.6) is 5.75 Å². The average molecular weight is 465 g/mol. The van der Waals surface area contributed by atoms with Gasteiger partial charge in [0.2, 0.25) is 10.0 Å². The summed E-state index contributed by atoms with van der Waals surface area (Å²) in [6, 6.07) is 11.7. The summed E-state index contributed by atoms with van der Waals surface area (Å²) in [6.45, 7) is 4.62. The summed E-state index contributed by atoms with van der Waals surface area (Å²) in [4.78, 5) is 12.9. The van der Waals surface area contributed by atoms with Gasteiger partial charge in [-0.1, -0.05) is 29.8 Å². The second-order valence-electron chi connectivity index (χ2n) is 7.93. The third-order valence-corrected chi connectivity index (χ3v) is 7.77. The first kappa shape index (κ1) is 22.1. The van der Waals surface area contributed by atoms with Crippen molar-refractivity contribution in [1.29, 1.82) is 0 Å². The minimum Gasteiger partial charge on any atom is -0.493 e. The zero-order chi connectivity index (χ0) is 22.2. The zero-order valence-electron chi connectivity index (χ0n) is 17.4. The molecule has 7 nitrogen and oxygen atoms in total. The topological polar surface area (TPSA) is 84.9 Å². The number of carbonyl (C=O) groups excluding carboxylic acids is 1. The van der Waals surface area contributed by atoms with Gasteiger partial charge >= 0.3 is 0 Å². The Hall–Kier alpha value is -2.13. The number of rotatable bonds is 4. The van der Waals surface area contributed by atoms with Gasteiger partial charge in [-0.15, -0.1) is 0 Å². The molecule has 166 valence electrons. The Morgan fingerprint density at radius 1 is 1.13 bits per heavy atom. The van der Waals surface area contributed by atoms with Crippen molar-refractivity contribution in [3.05, 3.63) is 58.6 Å². The molecule has 0 saturated carbocycles.